The summed E-state index contributed by atoms with van der Waals surface area (Å²) in [5, 5.41) is 11.9. The van der Waals surface area contributed by atoms with Crippen molar-refractivity contribution >= 4 is 11.0 Å². The molecule has 7 nitrogen and oxygen atoms in total. The van der Waals surface area contributed by atoms with E-state index in [1.54, 1.807) is 19.1 Å². The molecular formula is C26H26FN5O2. The molecule has 2 aromatic carbocycles. The Morgan fingerprint density at radius 2 is 1.97 bits per heavy atom. The van der Waals surface area contributed by atoms with E-state index in [-0.39, 0.29) is 5.69 Å². The number of ether oxygens (including phenoxy) is 1. The number of hydrogen-bond donors (Lipinski definition) is 1. The zero-order valence-corrected chi connectivity index (χ0v) is 19.1. The van der Waals surface area contributed by atoms with Crippen molar-refractivity contribution in [2.24, 2.45) is 0 Å². The SMILES string of the molecule is Cc1cccc(F)c1-n1nc2c(-c3ccc4c(c3)CCN(C3CCOCC3)C4)n[nH]c2cc1=O. The number of aromatic amines is 1. The highest BCUT2D eigenvalue weighted by atomic mass is 19.1. The third-order valence-corrected chi connectivity index (χ3v) is 7.07. The van der Waals surface area contributed by atoms with Gasteiger partial charge in [-0.05, 0) is 55.0 Å². The van der Waals surface area contributed by atoms with Gasteiger partial charge in [0.1, 0.15) is 22.7 Å². The first-order valence-corrected chi connectivity index (χ1v) is 11.8. The zero-order valence-electron chi connectivity index (χ0n) is 19.1. The van der Waals surface area contributed by atoms with E-state index in [2.05, 4.69) is 38.4 Å². The molecule has 0 saturated carbocycles. The maximum absolute atomic E-state index is 14.6. The number of benzene rings is 2. The molecule has 0 atom stereocenters. The third-order valence-electron chi connectivity index (χ3n) is 7.07. The van der Waals surface area contributed by atoms with Crippen molar-refractivity contribution in [3.63, 3.8) is 0 Å². The lowest BCUT2D eigenvalue weighted by Crippen LogP contribution is -2.42. The van der Waals surface area contributed by atoms with Gasteiger partial charge in [-0.3, -0.25) is 14.8 Å². The summed E-state index contributed by atoms with van der Waals surface area (Å²) in [4.78, 5) is 15.3. The fourth-order valence-corrected chi connectivity index (χ4v) is 5.22. The van der Waals surface area contributed by atoms with Crippen LogP contribution in [0.15, 0.2) is 47.3 Å². The van der Waals surface area contributed by atoms with Crippen LogP contribution in [0.4, 0.5) is 4.39 Å². The average Bonchev–Trinajstić information content (AvgIpc) is 3.26. The van der Waals surface area contributed by atoms with Crippen molar-refractivity contribution in [3.8, 4) is 16.9 Å². The number of halogens is 1. The number of hydrogen-bond acceptors (Lipinski definition) is 5. The van der Waals surface area contributed by atoms with Gasteiger partial charge in [-0.1, -0.05) is 24.3 Å². The van der Waals surface area contributed by atoms with Crippen LogP contribution in [-0.4, -0.2) is 50.7 Å². The minimum Gasteiger partial charge on any atom is -0.381 e. The minimum atomic E-state index is -0.484. The van der Waals surface area contributed by atoms with Crippen molar-refractivity contribution in [2.45, 2.75) is 38.8 Å². The van der Waals surface area contributed by atoms with Crippen LogP contribution in [-0.2, 0) is 17.7 Å². The zero-order chi connectivity index (χ0) is 23.2. The highest BCUT2D eigenvalue weighted by Crippen LogP contribution is 2.30. The Balaban J connectivity index is 1.37. The van der Waals surface area contributed by atoms with Gasteiger partial charge in [0.2, 0.25) is 0 Å². The quantitative estimate of drug-likeness (QED) is 0.505. The number of fused-ring (bicyclic) bond motifs is 2. The second-order valence-electron chi connectivity index (χ2n) is 9.18. The predicted octanol–water partition coefficient (Wildman–Crippen LogP) is 3.76. The summed E-state index contributed by atoms with van der Waals surface area (Å²) in [6.45, 7) is 5.45. The molecule has 8 heteroatoms. The molecule has 34 heavy (non-hydrogen) atoms. The molecule has 1 saturated heterocycles. The topological polar surface area (TPSA) is 76.0 Å². The Morgan fingerprint density at radius 3 is 2.79 bits per heavy atom. The first kappa shape index (κ1) is 21.2. The average molecular weight is 460 g/mol. The fraction of sp³-hybridized carbons (Fsp3) is 0.346. The van der Waals surface area contributed by atoms with Gasteiger partial charge in [-0.2, -0.15) is 14.9 Å². The summed E-state index contributed by atoms with van der Waals surface area (Å²) in [5.74, 6) is -0.484. The summed E-state index contributed by atoms with van der Waals surface area (Å²) >= 11 is 0. The summed E-state index contributed by atoms with van der Waals surface area (Å²) in [5.41, 5.74) is 5.73. The number of aryl methyl sites for hydroxylation is 1. The van der Waals surface area contributed by atoms with Crippen LogP contribution in [0, 0.1) is 12.7 Å². The lowest BCUT2D eigenvalue weighted by atomic mass is 9.94. The van der Waals surface area contributed by atoms with E-state index >= 15 is 0 Å². The highest BCUT2D eigenvalue weighted by Gasteiger charge is 2.26. The molecule has 0 radical (unpaired) electrons. The van der Waals surface area contributed by atoms with E-state index in [0.29, 0.717) is 28.3 Å². The van der Waals surface area contributed by atoms with Crippen LogP contribution in [0.5, 0.6) is 0 Å². The van der Waals surface area contributed by atoms with Gasteiger partial charge < -0.3 is 4.74 Å². The number of para-hydroxylation sites is 1. The lowest BCUT2D eigenvalue weighted by Gasteiger charge is -2.37. The molecule has 0 unspecified atom stereocenters. The van der Waals surface area contributed by atoms with Gasteiger partial charge in [-0.15, -0.1) is 0 Å². The van der Waals surface area contributed by atoms with Crippen molar-refractivity contribution in [3.05, 3.63) is 75.3 Å². The molecule has 2 aromatic heterocycles. The van der Waals surface area contributed by atoms with Gasteiger partial charge in [-0.25, -0.2) is 4.39 Å². The molecule has 0 bridgehead atoms. The molecule has 2 aliphatic heterocycles. The van der Waals surface area contributed by atoms with E-state index in [4.69, 9.17) is 4.74 Å². The number of H-pyrrole nitrogens is 1. The molecule has 1 fully saturated rings. The maximum atomic E-state index is 14.6. The number of nitrogens with one attached hydrogen (secondary N) is 1. The molecule has 4 aromatic rings. The maximum Gasteiger partial charge on any atom is 0.273 e. The molecule has 0 spiro atoms. The van der Waals surface area contributed by atoms with Crippen LogP contribution in [0.3, 0.4) is 0 Å². The Bertz CT molecular complexity index is 1420. The van der Waals surface area contributed by atoms with E-state index in [1.165, 1.54) is 23.3 Å². The molecule has 0 amide bonds. The normalized spacial score (nSPS) is 17.2. The molecule has 0 aliphatic carbocycles. The Kier molecular flexibility index (Phi) is 5.27. The van der Waals surface area contributed by atoms with Crippen LogP contribution in [0.1, 0.15) is 29.5 Å². The standard InChI is InChI=1S/C26H26FN5O2/c1-16-3-2-4-21(27)26(16)32-23(33)14-22-25(30-32)24(29-28-22)18-5-6-19-15-31(10-7-17(19)13-18)20-8-11-34-12-9-20/h2-6,13-14,20,28H,7-12,15H2,1H3. The van der Waals surface area contributed by atoms with Crippen molar-refractivity contribution in [2.75, 3.05) is 19.8 Å². The van der Waals surface area contributed by atoms with E-state index < -0.39 is 11.4 Å². The first-order valence-electron chi connectivity index (χ1n) is 11.8. The second kappa shape index (κ2) is 8.45. The van der Waals surface area contributed by atoms with Gasteiger partial charge in [0, 0.05) is 44.0 Å². The third kappa shape index (κ3) is 3.63. The van der Waals surface area contributed by atoms with Crippen molar-refractivity contribution in [1.29, 1.82) is 0 Å². The Hall–Kier alpha value is -3.36. The van der Waals surface area contributed by atoms with Gasteiger partial charge in [0.25, 0.3) is 5.56 Å². The Morgan fingerprint density at radius 1 is 1.12 bits per heavy atom. The van der Waals surface area contributed by atoms with Crippen molar-refractivity contribution in [1.82, 2.24) is 24.9 Å². The van der Waals surface area contributed by atoms with E-state index in [0.717, 1.165) is 55.8 Å². The summed E-state index contributed by atoms with van der Waals surface area (Å²) in [6, 6.07) is 13.2. The monoisotopic (exact) mass is 459 g/mol. The van der Waals surface area contributed by atoms with Crippen LogP contribution in [0.2, 0.25) is 0 Å². The number of nitrogens with zero attached hydrogens (tertiary/aromatic N) is 4. The molecule has 174 valence electrons. The van der Waals surface area contributed by atoms with Gasteiger partial charge in [0.05, 0.1) is 5.52 Å². The second-order valence-corrected chi connectivity index (χ2v) is 9.18. The number of aromatic nitrogens is 4. The van der Waals surface area contributed by atoms with Crippen LogP contribution >= 0.6 is 0 Å². The Labute approximate surface area is 196 Å². The minimum absolute atomic E-state index is 0.167. The van der Waals surface area contributed by atoms with Crippen LogP contribution < -0.4 is 5.56 Å². The van der Waals surface area contributed by atoms with E-state index in [9.17, 15) is 9.18 Å². The molecule has 1 N–H and O–H groups in total. The first-order chi connectivity index (χ1) is 16.6. The molecule has 4 heterocycles. The molecule has 6 rings (SSSR count). The predicted molar refractivity (Wildman–Crippen MR) is 128 cm³/mol. The summed E-state index contributed by atoms with van der Waals surface area (Å²) in [6.07, 6.45) is 3.18. The molecule has 2 aliphatic rings. The van der Waals surface area contributed by atoms with E-state index in [1.807, 2.05) is 0 Å². The van der Waals surface area contributed by atoms with Gasteiger partial charge >= 0.3 is 0 Å². The fourth-order valence-electron chi connectivity index (χ4n) is 5.22. The largest absolute Gasteiger partial charge is 0.381 e. The number of rotatable bonds is 3. The smallest absolute Gasteiger partial charge is 0.273 e. The lowest BCUT2D eigenvalue weighted by molar-refractivity contribution is 0.0290. The summed E-state index contributed by atoms with van der Waals surface area (Å²) < 4.78 is 21.2. The molecular weight excluding hydrogens is 433 g/mol. The van der Waals surface area contributed by atoms with Gasteiger partial charge in [0.15, 0.2) is 0 Å². The summed E-state index contributed by atoms with van der Waals surface area (Å²) in [7, 11) is 0. The van der Waals surface area contributed by atoms with Crippen LogP contribution in [0.25, 0.3) is 28.0 Å². The van der Waals surface area contributed by atoms with Crippen molar-refractivity contribution < 1.29 is 9.13 Å². The highest BCUT2D eigenvalue weighted by molar-refractivity contribution is 5.89.